The Morgan fingerprint density at radius 3 is 3.20 bits per heavy atom. The van der Waals surface area contributed by atoms with Crippen LogP contribution in [-0.2, 0) is 4.79 Å². The van der Waals surface area contributed by atoms with E-state index in [2.05, 4.69) is 15.3 Å². The molecule has 1 unspecified atom stereocenters. The quantitative estimate of drug-likeness (QED) is 0.824. The summed E-state index contributed by atoms with van der Waals surface area (Å²) in [4.78, 5) is 20.0. The molecule has 0 fully saturated rings. The molecule has 2 aromatic heterocycles. The molecule has 1 atom stereocenters. The lowest BCUT2D eigenvalue weighted by molar-refractivity contribution is -0.115. The largest absolute Gasteiger partial charge is 0.309 e. The second-order valence-corrected chi connectivity index (χ2v) is 4.99. The Hall–Kier alpha value is -1.14. The Labute approximate surface area is 94.1 Å². The summed E-state index contributed by atoms with van der Waals surface area (Å²) in [6.45, 7) is 0. The highest BCUT2D eigenvalue weighted by molar-refractivity contribution is 7.99. The molecular weight excluding hydrogens is 230 g/mol. The average Bonchev–Trinajstić information content (AvgIpc) is 2.78. The number of pyridine rings is 1. The van der Waals surface area contributed by atoms with Crippen LogP contribution in [0.5, 0.6) is 0 Å². The fourth-order valence-corrected chi connectivity index (χ4v) is 3.38. The van der Waals surface area contributed by atoms with Gasteiger partial charge in [0, 0.05) is 5.56 Å². The monoisotopic (exact) mass is 237 g/mol. The van der Waals surface area contributed by atoms with E-state index in [1.54, 1.807) is 23.0 Å². The van der Waals surface area contributed by atoms with Crippen molar-refractivity contribution in [2.75, 3.05) is 11.6 Å². The topological polar surface area (TPSA) is 54.9 Å². The van der Waals surface area contributed by atoms with Crippen LogP contribution in [0.15, 0.2) is 11.7 Å². The zero-order chi connectivity index (χ0) is 10.4. The van der Waals surface area contributed by atoms with Gasteiger partial charge in [0.1, 0.15) is 11.1 Å². The fraction of sp³-hybridized carbons (Fsp3) is 0.222. The van der Waals surface area contributed by atoms with Crippen molar-refractivity contribution in [3.63, 3.8) is 0 Å². The van der Waals surface area contributed by atoms with Gasteiger partial charge in [-0.05, 0) is 6.26 Å². The van der Waals surface area contributed by atoms with Crippen LogP contribution in [0.3, 0.4) is 0 Å². The van der Waals surface area contributed by atoms with Gasteiger partial charge in [0.15, 0.2) is 0 Å². The van der Waals surface area contributed by atoms with Crippen LogP contribution in [0, 0.1) is 0 Å². The minimum atomic E-state index is -0.142. The first-order valence-corrected chi connectivity index (χ1v) is 6.54. The third kappa shape index (κ3) is 1.18. The highest BCUT2D eigenvalue weighted by Crippen LogP contribution is 2.42. The van der Waals surface area contributed by atoms with Crippen LogP contribution in [0.2, 0.25) is 0 Å². The third-order valence-electron chi connectivity index (χ3n) is 2.39. The number of thioether (sulfide) groups is 1. The summed E-state index contributed by atoms with van der Waals surface area (Å²) in [6, 6.07) is 0. The number of fused-ring (bicyclic) bond motifs is 3. The van der Waals surface area contributed by atoms with Gasteiger partial charge in [0.05, 0.1) is 21.9 Å². The first-order chi connectivity index (χ1) is 7.31. The Morgan fingerprint density at radius 2 is 2.40 bits per heavy atom. The SMILES string of the molecule is CSC1C(=O)Nc2ncc3ncsc3c21. The van der Waals surface area contributed by atoms with Gasteiger partial charge >= 0.3 is 0 Å². The summed E-state index contributed by atoms with van der Waals surface area (Å²) < 4.78 is 1.07. The van der Waals surface area contributed by atoms with Crippen molar-refractivity contribution in [3.8, 4) is 0 Å². The molecule has 6 heteroatoms. The third-order valence-corrected chi connectivity index (χ3v) is 4.19. The molecule has 0 spiro atoms. The average molecular weight is 237 g/mol. The molecule has 0 bridgehead atoms. The van der Waals surface area contributed by atoms with Gasteiger partial charge in [-0.1, -0.05) is 0 Å². The maximum absolute atomic E-state index is 11.6. The maximum Gasteiger partial charge on any atom is 0.243 e. The predicted molar refractivity (Wildman–Crippen MR) is 62.3 cm³/mol. The number of carbonyl (C=O) groups is 1. The zero-order valence-electron chi connectivity index (χ0n) is 7.85. The molecule has 4 nitrogen and oxygen atoms in total. The van der Waals surface area contributed by atoms with E-state index in [1.807, 2.05) is 6.26 Å². The number of nitrogens with one attached hydrogen (secondary N) is 1. The minimum Gasteiger partial charge on any atom is -0.309 e. The van der Waals surface area contributed by atoms with Gasteiger partial charge in [-0.25, -0.2) is 9.97 Å². The molecule has 0 aliphatic carbocycles. The number of hydrogen-bond acceptors (Lipinski definition) is 5. The van der Waals surface area contributed by atoms with Crippen molar-refractivity contribution >= 4 is 45.0 Å². The van der Waals surface area contributed by atoms with Gasteiger partial charge in [-0.3, -0.25) is 4.79 Å². The second-order valence-electron chi connectivity index (χ2n) is 3.19. The number of carbonyl (C=O) groups excluding carboxylic acids is 1. The number of thiazole rings is 1. The van der Waals surface area contributed by atoms with Crippen LogP contribution < -0.4 is 5.32 Å². The second kappa shape index (κ2) is 3.18. The maximum atomic E-state index is 11.6. The smallest absolute Gasteiger partial charge is 0.243 e. The van der Waals surface area contributed by atoms with Crippen molar-refractivity contribution in [2.45, 2.75) is 5.25 Å². The molecule has 76 valence electrons. The molecular formula is C9H7N3OS2. The first kappa shape index (κ1) is 9.11. The Balaban J connectivity index is 2.34. The zero-order valence-corrected chi connectivity index (χ0v) is 9.48. The van der Waals surface area contributed by atoms with Crippen molar-refractivity contribution in [2.24, 2.45) is 0 Å². The number of aromatic nitrogens is 2. The van der Waals surface area contributed by atoms with E-state index in [0.717, 1.165) is 15.8 Å². The van der Waals surface area contributed by atoms with Gasteiger partial charge < -0.3 is 5.32 Å². The normalized spacial score (nSPS) is 19.3. The number of hydrogen-bond donors (Lipinski definition) is 1. The molecule has 1 aliphatic heterocycles. The summed E-state index contributed by atoms with van der Waals surface area (Å²) in [7, 11) is 0. The first-order valence-electron chi connectivity index (χ1n) is 4.37. The van der Waals surface area contributed by atoms with E-state index < -0.39 is 0 Å². The molecule has 0 saturated heterocycles. The van der Waals surface area contributed by atoms with Gasteiger partial charge in [-0.15, -0.1) is 23.1 Å². The number of amides is 1. The minimum absolute atomic E-state index is 0.0194. The van der Waals surface area contributed by atoms with E-state index in [9.17, 15) is 4.79 Å². The lowest BCUT2D eigenvalue weighted by atomic mass is 10.2. The molecule has 3 rings (SSSR count). The summed E-state index contributed by atoms with van der Waals surface area (Å²) in [5, 5.41) is 2.65. The molecule has 0 aromatic carbocycles. The predicted octanol–water partition coefficient (Wildman–Crippen LogP) is 2.05. The molecule has 3 heterocycles. The van der Waals surface area contributed by atoms with E-state index in [1.165, 1.54) is 11.8 Å². The van der Waals surface area contributed by atoms with Crippen molar-refractivity contribution < 1.29 is 4.79 Å². The number of nitrogens with zero attached hydrogens (tertiary/aromatic N) is 2. The molecule has 0 radical (unpaired) electrons. The van der Waals surface area contributed by atoms with E-state index in [4.69, 9.17) is 0 Å². The van der Waals surface area contributed by atoms with Crippen LogP contribution in [0.1, 0.15) is 10.8 Å². The molecule has 1 amide bonds. The number of rotatable bonds is 1. The highest BCUT2D eigenvalue weighted by atomic mass is 32.2. The highest BCUT2D eigenvalue weighted by Gasteiger charge is 2.33. The van der Waals surface area contributed by atoms with Crippen molar-refractivity contribution in [1.29, 1.82) is 0 Å². The van der Waals surface area contributed by atoms with Gasteiger partial charge in [-0.2, -0.15) is 0 Å². The Kier molecular flexibility index (Phi) is 1.93. The van der Waals surface area contributed by atoms with Crippen molar-refractivity contribution in [1.82, 2.24) is 9.97 Å². The van der Waals surface area contributed by atoms with E-state index in [0.29, 0.717) is 5.82 Å². The summed E-state index contributed by atoms with van der Waals surface area (Å²) in [6.07, 6.45) is 3.63. The fourth-order valence-electron chi connectivity index (χ4n) is 1.73. The number of anilines is 1. The van der Waals surface area contributed by atoms with E-state index >= 15 is 0 Å². The molecule has 15 heavy (non-hydrogen) atoms. The lowest BCUT2D eigenvalue weighted by Gasteiger charge is -2.03. The standard InChI is InChI=1S/C9H7N3OS2/c1-14-7-5-6-4(11-3-15-6)2-10-8(5)12-9(7)13/h2-3,7H,1H3,(H,10,12,13). The molecule has 2 aromatic rings. The van der Waals surface area contributed by atoms with Crippen LogP contribution in [0.25, 0.3) is 10.2 Å². The summed E-state index contributed by atoms with van der Waals surface area (Å²) >= 11 is 3.09. The Morgan fingerprint density at radius 1 is 1.53 bits per heavy atom. The van der Waals surface area contributed by atoms with Crippen LogP contribution in [0.4, 0.5) is 5.82 Å². The lowest BCUT2D eigenvalue weighted by Crippen LogP contribution is -2.08. The van der Waals surface area contributed by atoms with Gasteiger partial charge in [0.2, 0.25) is 5.91 Å². The van der Waals surface area contributed by atoms with Crippen LogP contribution in [-0.4, -0.2) is 22.1 Å². The molecule has 0 saturated carbocycles. The van der Waals surface area contributed by atoms with E-state index in [-0.39, 0.29) is 11.2 Å². The molecule has 1 N–H and O–H groups in total. The Bertz CT molecular complexity index is 551. The summed E-state index contributed by atoms with van der Waals surface area (Å²) in [5.74, 6) is 0.710. The molecule has 1 aliphatic rings. The summed E-state index contributed by atoms with van der Waals surface area (Å²) in [5.41, 5.74) is 3.65. The van der Waals surface area contributed by atoms with Crippen molar-refractivity contribution in [3.05, 3.63) is 17.3 Å². The van der Waals surface area contributed by atoms with Crippen LogP contribution >= 0.6 is 23.1 Å². The van der Waals surface area contributed by atoms with Gasteiger partial charge in [0.25, 0.3) is 0 Å².